The first kappa shape index (κ1) is 25.7. The van der Waals surface area contributed by atoms with Gasteiger partial charge in [0.2, 0.25) is 5.95 Å². The van der Waals surface area contributed by atoms with Gasteiger partial charge in [0.05, 0.1) is 23.9 Å². The summed E-state index contributed by atoms with van der Waals surface area (Å²) in [5.41, 5.74) is 5.16. The molecule has 0 amide bonds. The molecule has 0 spiro atoms. The second-order valence-electron chi connectivity index (χ2n) is 10.0. The Morgan fingerprint density at radius 2 is 1.89 bits per heavy atom. The average molecular weight is 510 g/mol. The van der Waals surface area contributed by atoms with Crippen LogP contribution >= 0.6 is 0 Å². The first-order chi connectivity index (χ1) is 18.5. The van der Waals surface area contributed by atoms with Crippen LogP contribution in [0.3, 0.4) is 0 Å². The first-order valence-corrected chi connectivity index (χ1v) is 13.2. The Bertz CT molecular complexity index is 1470. The summed E-state index contributed by atoms with van der Waals surface area (Å²) in [6, 6.07) is 22.5. The number of ether oxygens (including phenoxy) is 1. The van der Waals surface area contributed by atoms with Crippen molar-refractivity contribution in [3.8, 4) is 22.4 Å². The largest absolute Gasteiger partial charge is 0.383 e. The number of anilines is 2. The Hall–Kier alpha value is -3.97. The van der Waals surface area contributed by atoms with Crippen LogP contribution < -0.4 is 15.8 Å². The maximum Gasteiger partial charge on any atom is 0.263 e. The van der Waals surface area contributed by atoms with Gasteiger partial charge in [-0.3, -0.25) is 9.36 Å². The van der Waals surface area contributed by atoms with Gasteiger partial charge in [0.1, 0.15) is 5.82 Å². The average Bonchev–Trinajstić information content (AvgIpc) is 3.39. The summed E-state index contributed by atoms with van der Waals surface area (Å²) in [6.45, 7) is 5.59. The number of rotatable bonds is 8. The van der Waals surface area contributed by atoms with Gasteiger partial charge in [0, 0.05) is 38.5 Å². The molecule has 0 bridgehead atoms. The van der Waals surface area contributed by atoms with Crippen LogP contribution in [-0.4, -0.2) is 40.8 Å². The van der Waals surface area contributed by atoms with Crippen molar-refractivity contribution in [1.82, 2.24) is 14.5 Å². The smallest absolute Gasteiger partial charge is 0.263 e. The van der Waals surface area contributed by atoms with Crippen LogP contribution in [0.5, 0.6) is 0 Å². The molecule has 196 valence electrons. The first-order valence-electron chi connectivity index (χ1n) is 13.2. The molecule has 7 heteroatoms. The van der Waals surface area contributed by atoms with Crippen LogP contribution in [0.2, 0.25) is 0 Å². The Kier molecular flexibility index (Phi) is 7.56. The fourth-order valence-corrected chi connectivity index (χ4v) is 5.29. The highest BCUT2D eigenvalue weighted by molar-refractivity contribution is 5.82. The van der Waals surface area contributed by atoms with Crippen LogP contribution in [0.25, 0.3) is 22.4 Å². The van der Waals surface area contributed by atoms with Crippen molar-refractivity contribution in [1.29, 1.82) is 0 Å². The molecule has 4 aromatic rings. The van der Waals surface area contributed by atoms with E-state index in [1.807, 2.05) is 68.6 Å². The fraction of sp³-hybridized carbons (Fsp3) is 0.323. The van der Waals surface area contributed by atoms with E-state index in [4.69, 9.17) is 9.72 Å². The number of nitrogens with one attached hydrogen (secondary N) is 1. The molecule has 0 aliphatic carbocycles. The van der Waals surface area contributed by atoms with E-state index >= 15 is 0 Å². The zero-order chi connectivity index (χ0) is 26.6. The molecule has 7 nitrogen and oxygen atoms in total. The van der Waals surface area contributed by atoms with Crippen molar-refractivity contribution in [2.75, 3.05) is 30.5 Å². The summed E-state index contributed by atoms with van der Waals surface area (Å²) >= 11 is 0. The van der Waals surface area contributed by atoms with Crippen LogP contribution in [0.15, 0.2) is 77.7 Å². The van der Waals surface area contributed by atoms with Gasteiger partial charge in [-0.05, 0) is 49.9 Å². The summed E-state index contributed by atoms with van der Waals surface area (Å²) in [6.07, 6.45) is 3.83. The van der Waals surface area contributed by atoms with E-state index in [9.17, 15) is 4.79 Å². The topological polar surface area (TPSA) is 72.3 Å². The number of aromatic nitrogens is 3. The third-order valence-electron chi connectivity index (χ3n) is 7.26. The Morgan fingerprint density at radius 1 is 1.08 bits per heavy atom. The quantitative estimate of drug-likeness (QED) is 0.333. The monoisotopic (exact) mass is 509 g/mol. The normalized spacial score (nSPS) is 16.0. The summed E-state index contributed by atoms with van der Waals surface area (Å²) in [5, 5.41) is 3.51. The molecular formula is C31H35N5O2. The Morgan fingerprint density at radius 3 is 2.66 bits per heavy atom. The fourth-order valence-electron chi connectivity index (χ4n) is 5.29. The van der Waals surface area contributed by atoms with Gasteiger partial charge in [-0.2, -0.15) is 0 Å². The van der Waals surface area contributed by atoms with E-state index in [2.05, 4.69) is 34.3 Å². The lowest BCUT2D eigenvalue weighted by Gasteiger charge is -2.28. The molecule has 2 aromatic heterocycles. The molecule has 0 saturated carbocycles. The van der Waals surface area contributed by atoms with E-state index in [0.29, 0.717) is 23.8 Å². The molecule has 2 aromatic carbocycles. The number of nitrogens with zero attached hydrogens (tertiary/aromatic N) is 4. The minimum atomic E-state index is -0.0670. The summed E-state index contributed by atoms with van der Waals surface area (Å²) in [4.78, 5) is 26.0. The van der Waals surface area contributed by atoms with Crippen LogP contribution in [0.4, 0.5) is 11.8 Å². The Balaban J connectivity index is 1.63. The number of hydrogen-bond donors (Lipinski definition) is 1. The number of aryl methyl sites for hydroxylation is 1. The highest BCUT2D eigenvalue weighted by atomic mass is 16.5. The van der Waals surface area contributed by atoms with Crippen molar-refractivity contribution in [3.63, 3.8) is 0 Å². The lowest BCUT2D eigenvalue weighted by atomic mass is 9.99. The molecule has 38 heavy (non-hydrogen) atoms. The van der Waals surface area contributed by atoms with E-state index in [1.165, 1.54) is 5.56 Å². The molecule has 1 N–H and O–H groups in total. The van der Waals surface area contributed by atoms with Crippen molar-refractivity contribution >= 4 is 11.8 Å². The standard InChI is InChI=1S/C31H35N5O2/c1-21-10-8-13-24(18-21)28-29(34-31(35(3)30(28)37)36-17-9-14-26(36)20-38-4)25-15-16-32-27(19-25)33-22(2)23-11-6-5-7-12-23/h5-8,10-13,15-16,18-19,22,26H,9,14,17,20H2,1-4H3,(H,32,33)/t22-,26-/m0/s1. The highest BCUT2D eigenvalue weighted by Crippen LogP contribution is 2.33. The van der Waals surface area contributed by atoms with Gasteiger partial charge >= 0.3 is 0 Å². The van der Waals surface area contributed by atoms with Gasteiger partial charge in [0.15, 0.2) is 0 Å². The van der Waals surface area contributed by atoms with Crippen LogP contribution in [0.1, 0.15) is 36.9 Å². The number of pyridine rings is 1. The maximum atomic E-state index is 14.0. The van der Waals surface area contributed by atoms with Crippen molar-refractivity contribution in [2.24, 2.45) is 7.05 Å². The van der Waals surface area contributed by atoms with Gasteiger partial charge in [0.25, 0.3) is 5.56 Å². The number of hydrogen-bond acceptors (Lipinski definition) is 6. The summed E-state index contributed by atoms with van der Waals surface area (Å²) in [7, 11) is 3.54. The minimum Gasteiger partial charge on any atom is -0.383 e. The zero-order valence-electron chi connectivity index (χ0n) is 22.5. The van der Waals surface area contributed by atoms with Crippen LogP contribution in [0, 0.1) is 6.92 Å². The van der Waals surface area contributed by atoms with E-state index in [1.54, 1.807) is 17.9 Å². The van der Waals surface area contributed by atoms with Crippen molar-refractivity contribution in [3.05, 3.63) is 94.4 Å². The molecule has 3 heterocycles. The maximum absolute atomic E-state index is 14.0. The number of benzene rings is 2. The summed E-state index contributed by atoms with van der Waals surface area (Å²) < 4.78 is 7.17. The predicted octanol–water partition coefficient (Wildman–Crippen LogP) is 5.61. The molecular weight excluding hydrogens is 474 g/mol. The minimum absolute atomic E-state index is 0.0670. The van der Waals surface area contributed by atoms with Gasteiger partial charge in [-0.25, -0.2) is 9.97 Å². The second-order valence-corrected chi connectivity index (χ2v) is 10.0. The van der Waals surface area contributed by atoms with E-state index in [-0.39, 0.29) is 17.6 Å². The van der Waals surface area contributed by atoms with E-state index < -0.39 is 0 Å². The third kappa shape index (κ3) is 5.20. The molecule has 1 aliphatic rings. The molecule has 0 radical (unpaired) electrons. The molecule has 5 rings (SSSR count). The lowest BCUT2D eigenvalue weighted by molar-refractivity contribution is 0.180. The molecule has 1 fully saturated rings. The van der Waals surface area contributed by atoms with Gasteiger partial charge in [-0.15, -0.1) is 0 Å². The van der Waals surface area contributed by atoms with Gasteiger partial charge < -0.3 is 15.0 Å². The van der Waals surface area contributed by atoms with Crippen molar-refractivity contribution < 1.29 is 4.74 Å². The highest BCUT2D eigenvalue weighted by Gasteiger charge is 2.29. The lowest BCUT2D eigenvalue weighted by Crippen LogP contribution is -2.38. The van der Waals surface area contributed by atoms with Crippen LogP contribution in [-0.2, 0) is 11.8 Å². The van der Waals surface area contributed by atoms with Crippen molar-refractivity contribution in [2.45, 2.75) is 38.8 Å². The predicted molar refractivity (Wildman–Crippen MR) is 154 cm³/mol. The summed E-state index contributed by atoms with van der Waals surface area (Å²) in [5.74, 6) is 1.40. The van der Waals surface area contributed by atoms with E-state index in [0.717, 1.165) is 41.9 Å². The molecule has 1 saturated heterocycles. The third-order valence-corrected chi connectivity index (χ3v) is 7.26. The van der Waals surface area contributed by atoms with Gasteiger partial charge in [-0.1, -0.05) is 60.2 Å². The Labute approximate surface area is 224 Å². The number of methoxy groups -OCH3 is 1. The molecule has 1 aliphatic heterocycles. The SMILES string of the molecule is COC[C@@H]1CCCN1c1nc(-c2ccnc(N[C@@H](C)c3ccccc3)c2)c(-c2cccc(C)c2)c(=O)n1C. The molecule has 0 unspecified atom stereocenters. The zero-order valence-corrected chi connectivity index (χ0v) is 22.5. The second kappa shape index (κ2) is 11.2. The molecule has 2 atom stereocenters.